The molecule has 124 valence electrons. The minimum Gasteiger partial charge on any atom is -0.465 e. The first kappa shape index (κ1) is 17.3. The van der Waals surface area contributed by atoms with E-state index in [1.165, 1.54) is 7.11 Å². The molecule has 0 radical (unpaired) electrons. The standard InChI is InChI=1S/C16H18BrNO5/c1-16(2,3)23-15(20)18-8-11-6-9-5-10(17)7-12(13(9)22-11)14(19)21-4/h5-7H,8H2,1-4H3,(H,18,20). The second-order valence-corrected chi connectivity index (χ2v) is 6.85. The van der Waals surface area contributed by atoms with Crippen LogP contribution in [0.1, 0.15) is 36.9 Å². The lowest BCUT2D eigenvalue weighted by molar-refractivity contribution is 0.0518. The Kier molecular flexibility index (Phi) is 4.99. The number of rotatable bonds is 3. The molecular weight excluding hydrogens is 366 g/mol. The number of carbonyl (C=O) groups is 2. The summed E-state index contributed by atoms with van der Waals surface area (Å²) in [5.41, 5.74) is 0.169. The van der Waals surface area contributed by atoms with E-state index >= 15 is 0 Å². The number of furan rings is 1. The maximum atomic E-state index is 11.8. The quantitative estimate of drug-likeness (QED) is 0.810. The molecule has 1 heterocycles. The molecule has 0 unspecified atom stereocenters. The van der Waals surface area contributed by atoms with Crippen molar-refractivity contribution in [3.05, 3.63) is 34.0 Å². The van der Waals surface area contributed by atoms with Crippen molar-refractivity contribution >= 4 is 39.0 Å². The van der Waals surface area contributed by atoms with Gasteiger partial charge in [-0.25, -0.2) is 9.59 Å². The number of methoxy groups -OCH3 is 1. The van der Waals surface area contributed by atoms with Crippen LogP contribution in [0.25, 0.3) is 11.0 Å². The van der Waals surface area contributed by atoms with Gasteiger partial charge in [-0.2, -0.15) is 0 Å². The van der Waals surface area contributed by atoms with Crippen LogP contribution < -0.4 is 5.32 Å². The highest BCUT2D eigenvalue weighted by Gasteiger charge is 2.18. The van der Waals surface area contributed by atoms with Gasteiger partial charge in [0.05, 0.1) is 13.7 Å². The lowest BCUT2D eigenvalue weighted by Crippen LogP contribution is -2.32. The topological polar surface area (TPSA) is 77.8 Å². The van der Waals surface area contributed by atoms with E-state index in [-0.39, 0.29) is 6.54 Å². The predicted octanol–water partition coefficient (Wildman–Crippen LogP) is 4.01. The maximum absolute atomic E-state index is 11.8. The van der Waals surface area contributed by atoms with Gasteiger partial charge in [0.25, 0.3) is 0 Å². The van der Waals surface area contributed by atoms with Gasteiger partial charge in [0.2, 0.25) is 0 Å². The Morgan fingerprint density at radius 3 is 2.57 bits per heavy atom. The van der Waals surface area contributed by atoms with Gasteiger partial charge in [-0.15, -0.1) is 0 Å². The Hall–Kier alpha value is -2.02. The molecule has 6 nitrogen and oxygen atoms in total. The number of hydrogen-bond acceptors (Lipinski definition) is 5. The zero-order valence-electron chi connectivity index (χ0n) is 13.4. The van der Waals surface area contributed by atoms with Crippen molar-refractivity contribution in [3.63, 3.8) is 0 Å². The van der Waals surface area contributed by atoms with E-state index in [0.717, 1.165) is 9.86 Å². The lowest BCUT2D eigenvalue weighted by atomic mass is 10.1. The fourth-order valence-corrected chi connectivity index (χ4v) is 2.47. The Bertz CT molecular complexity index is 745. The molecule has 1 N–H and O–H groups in total. The zero-order valence-corrected chi connectivity index (χ0v) is 14.9. The molecule has 2 rings (SSSR count). The number of hydrogen-bond donors (Lipinski definition) is 1. The third-order valence-electron chi connectivity index (χ3n) is 2.84. The molecule has 0 aliphatic carbocycles. The fraction of sp³-hybridized carbons (Fsp3) is 0.375. The van der Waals surface area contributed by atoms with Crippen LogP contribution in [-0.2, 0) is 16.0 Å². The van der Waals surface area contributed by atoms with Gasteiger partial charge < -0.3 is 19.2 Å². The summed E-state index contributed by atoms with van der Waals surface area (Å²) in [7, 11) is 1.31. The van der Waals surface area contributed by atoms with Gasteiger partial charge in [0.1, 0.15) is 22.5 Å². The van der Waals surface area contributed by atoms with Crippen molar-refractivity contribution in [2.75, 3.05) is 7.11 Å². The summed E-state index contributed by atoms with van der Waals surface area (Å²) in [6, 6.07) is 5.20. The summed E-state index contributed by atoms with van der Waals surface area (Å²) in [6.45, 7) is 5.51. The number of amides is 1. The van der Waals surface area contributed by atoms with Crippen molar-refractivity contribution < 1.29 is 23.5 Å². The summed E-state index contributed by atoms with van der Waals surface area (Å²) >= 11 is 3.35. The summed E-state index contributed by atoms with van der Waals surface area (Å²) < 4.78 is 16.3. The first-order valence-corrected chi connectivity index (χ1v) is 7.76. The molecular formula is C16H18BrNO5. The minimum absolute atomic E-state index is 0.155. The molecule has 2 aromatic rings. The number of fused-ring (bicyclic) bond motifs is 1. The molecule has 0 atom stereocenters. The predicted molar refractivity (Wildman–Crippen MR) is 88.3 cm³/mol. The van der Waals surface area contributed by atoms with E-state index in [1.54, 1.807) is 32.9 Å². The van der Waals surface area contributed by atoms with Gasteiger partial charge >= 0.3 is 12.1 Å². The molecule has 0 fully saturated rings. The van der Waals surface area contributed by atoms with Crippen LogP contribution in [0.2, 0.25) is 0 Å². The summed E-state index contributed by atoms with van der Waals surface area (Å²) in [6.07, 6.45) is -0.535. The summed E-state index contributed by atoms with van der Waals surface area (Å²) in [4.78, 5) is 23.5. The van der Waals surface area contributed by atoms with Crippen LogP contribution in [0.3, 0.4) is 0 Å². The molecule has 7 heteroatoms. The van der Waals surface area contributed by atoms with Crippen LogP contribution in [-0.4, -0.2) is 24.8 Å². The first-order valence-electron chi connectivity index (χ1n) is 6.97. The first-order chi connectivity index (χ1) is 10.7. The van der Waals surface area contributed by atoms with Gasteiger partial charge in [-0.3, -0.25) is 0 Å². The summed E-state index contributed by atoms with van der Waals surface area (Å²) in [5.74, 6) is 0.0198. The van der Waals surface area contributed by atoms with Crippen molar-refractivity contribution in [1.82, 2.24) is 5.32 Å². The molecule has 0 saturated heterocycles. The molecule has 1 aromatic carbocycles. The second-order valence-electron chi connectivity index (χ2n) is 5.93. The number of esters is 1. The lowest BCUT2D eigenvalue weighted by Gasteiger charge is -2.19. The number of benzene rings is 1. The number of nitrogens with one attached hydrogen (secondary N) is 1. The van der Waals surface area contributed by atoms with E-state index < -0.39 is 17.7 Å². The normalized spacial score (nSPS) is 11.3. The summed E-state index contributed by atoms with van der Waals surface area (Å²) in [5, 5.41) is 3.35. The average molecular weight is 384 g/mol. The highest BCUT2D eigenvalue weighted by molar-refractivity contribution is 9.10. The monoisotopic (exact) mass is 383 g/mol. The third kappa shape index (κ3) is 4.48. The smallest absolute Gasteiger partial charge is 0.408 e. The van der Waals surface area contributed by atoms with Crippen LogP contribution >= 0.6 is 15.9 Å². The average Bonchev–Trinajstić information content (AvgIpc) is 2.84. The highest BCUT2D eigenvalue weighted by Crippen LogP contribution is 2.28. The van der Waals surface area contributed by atoms with Crippen LogP contribution in [0.4, 0.5) is 4.79 Å². The molecule has 0 aliphatic heterocycles. The number of halogens is 1. The minimum atomic E-state index is -0.569. The zero-order chi connectivity index (χ0) is 17.2. The van der Waals surface area contributed by atoms with Crippen molar-refractivity contribution in [2.45, 2.75) is 32.9 Å². The van der Waals surface area contributed by atoms with Crippen LogP contribution in [0.5, 0.6) is 0 Å². The molecule has 0 saturated carbocycles. The largest absolute Gasteiger partial charge is 0.465 e. The van der Waals surface area contributed by atoms with Gasteiger partial charge in [-0.1, -0.05) is 15.9 Å². The van der Waals surface area contributed by atoms with Crippen molar-refractivity contribution in [1.29, 1.82) is 0 Å². The van der Waals surface area contributed by atoms with E-state index in [0.29, 0.717) is 16.9 Å². The molecule has 23 heavy (non-hydrogen) atoms. The highest BCUT2D eigenvalue weighted by atomic mass is 79.9. The Labute approximate surface area is 142 Å². The Balaban J connectivity index is 2.20. The van der Waals surface area contributed by atoms with Crippen LogP contribution in [0, 0.1) is 0 Å². The van der Waals surface area contributed by atoms with Crippen LogP contribution in [0.15, 0.2) is 27.1 Å². The molecule has 1 aromatic heterocycles. The third-order valence-corrected chi connectivity index (χ3v) is 3.30. The van der Waals surface area contributed by atoms with Gasteiger partial charge in [-0.05, 0) is 39.0 Å². The van der Waals surface area contributed by atoms with Gasteiger partial charge in [0, 0.05) is 9.86 Å². The second kappa shape index (κ2) is 6.62. The van der Waals surface area contributed by atoms with E-state index in [9.17, 15) is 9.59 Å². The number of carbonyl (C=O) groups excluding carboxylic acids is 2. The Morgan fingerprint density at radius 2 is 1.96 bits per heavy atom. The molecule has 0 bridgehead atoms. The van der Waals surface area contributed by atoms with E-state index in [2.05, 4.69) is 21.2 Å². The molecule has 0 aliphatic rings. The van der Waals surface area contributed by atoms with Crippen molar-refractivity contribution in [3.8, 4) is 0 Å². The van der Waals surface area contributed by atoms with Crippen molar-refractivity contribution in [2.24, 2.45) is 0 Å². The molecule has 0 spiro atoms. The SMILES string of the molecule is COC(=O)c1cc(Br)cc2cc(CNC(=O)OC(C)(C)C)oc12. The van der Waals surface area contributed by atoms with Gasteiger partial charge in [0.15, 0.2) is 0 Å². The molecule has 1 amide bonds. The maximum Gasteiger partial charge on any atom is 0.408 e. The van der Waals surface area contributed by atoms with E-state index in [1.807, 2.05) is 6.07 Å². The Morgan fingerprint density at radius 1 is 1.26 bits per heavy atom. The number of ether oxygens (including phenoxy) is 2. The van der Waals surface area contributed by atoms with E-state index in [4.69, 9.17) is 13.9 Å². The number of alkyl carbamates (subject to hydrolysis) is 1. The fourth-order valence-electron chi connectivity index (χ4n) is 1.99.